The van der Waals surface area contributed by atoms with Crippen molar-refractivity contribution in [3.05, 3.63) is 36.2 Å². The van der Waals surface area contributed by atoms with E-state index in [1.54, 1.807) is 11.8 Å². The second-order valence-corrected chi connectivity index (χ2v) is 7.10. The van der Waals surface area contributed by atoms with Crippen LogP contribution in [0.1, 0.15) is 19.2 Å². The highest BCUT2D eigenvalue weighted by molar-refractivity contribution is 7.98. The largest absolute Gasteiger partial charge is 0.378 e. The smallest absolute Gasteiger partial charge is 0.232 e. The van der Waals surface area contributed by atoms with Gasteiger partial charge < -0.3 is 9.64 Å². The minimum atomic E-state index is 0.640. The standard InChI is InChI=1S/C17H22N8OS/c1-2-8-24-15(18-21-22-24)13-27-17-20-19-16(23-9-11-26-12-10-23)25(17)14-6-4-3-5-7-14/h3-7H,2,8-13H2,1H3. The lowest BCUT2D eigenvalue weighted by Crippen LogP contribution is -2.37. The summed E-state index contributed by atoms with van der Waals surface area (Å²) in [6.07, 6.45) is 0.990. The van der Waals surface area contributed by atoms with Crippen LogP contribution in [0.4, 0.5) is 5.95 Å². The van der Waals surface area contributed by atoms with Crippen LogP contribution in [0.5, 0.6) is 0 Å². The molecule has 1 aliphatic rings. The number of hydrogen-bond donors (Lipinski definition) is 0. The third-order valence-corrected chi connectivity index (χ3v) is 5.22. The van der Waals surface area contributed by atoms with Gasteiger partial charge in [-0.25, -0.2) is 4.68 Å². The van der Waals surface area contributed by atoms with Gasteiger partial charge in [-0.1, -0.05) is 36.9 Å². The van der Waals surface area contributed by atoms with E-state index >= 15 is 0 Å². The number of aryl methyl sites for hydroxylation is 1. The zero-order valence-electron chi connectivity index (χ0n) is 15.2. The van der Waals surface area contributed by atoms with Gasteiger partial charge in [-0.05, 0) is 29.0 Å². The minimum Gasteiger partial charge on any atom is -0.378 e. The van der Waals surface area contributed by atoms with E-state index in [9.17, 15) is 0 Å². The molecule has 1 aliphatic heterocycles. The molecule has 0 spiro atoms. The first-order chi connectivity index (χ1) is 13.4. The van der Waals surface area contributed by atoms with Gasteiger partial charge in [0.1, 0.15) is 0 Å². The van der Waals surface area contributed by atoms with Gasteiger partial charge in [-0.15, -0.1) is 15.3 Å². The average molecular weight is 386 g/mol. The van der Waals surface area contributed by atoms with Crippen LogP contribution in [-0.2, 0) is 17.0 Å². The summed E-state index contributed by atoms with van der Waals surface area (Å²) in [5.74, 6) is 2.33. The first-order valence-corrected chi connectivity index (χ1v) is 10.1. The van der Waals surface area contributed by atoms with Crippen molar-refractivity contribution in [2.45, 2.75) is 30.8 Å². The first kappa shape index (κ1) is 17.9. The van der Waals surface area contributed by atoms with Crippen LogP contribution in [-0.4, -0.2) is 61.3 Å². The summed E-state index contributed by atoms with van der Waals surface area (Å²) in [6, 6.07) is 10.2. The Bertz CT molecular complexity index is 859. The zero-order chi connectivity index (χ0) is 18.5. The molecule has 0 amide bonds. The number of benzene rings is 1. The third-order valence-electron chi connectivity index (χ3n) is 4.30. The van der Waals surface area contributed by atoms with E-state index in [1.165, 1.54) is 0 Å². The highest BCUT2D eigenvalue weighted by atomic mass is 32.2. The predicted molar refractivity (Wildman–Crippen MR) is 102 cm³/mol. The van der Waals surface area contributed by atoms with E-state index < -0.39 is 0 Å². The number of nitrogens with zero attached hydrogens (tertiary/aromatic N) is 8. The van der Waals surface area contributed by atoms with Crippen LogP contribution in [0.15, 0.2) is 35.5 Å². The summed E-state index contributed by atoms with van der Waals surface area (Å²) in [5.41, 5.74) is 1.04. The van der Waals surface area contributed by atoms with E-state index in [1.807, 2.05) is 22.9 Å². The molecule has 3 aromatic rings. The monoisotopic (exact) mass is 386 g/mol. The predicted octanol–water partition coefficient (Wildman–Crippen LogP) is 1.79. The lowest BCUT2D eigenvalue weighted by Gasteiger charge is -2.27. The molecule has 2 aromatic heterocycles. The number of para-hydroxylation sites is 1. The maximum Gasteiger partial charge on any atom is 0.232 e. The van der Waals surface area contributed by atoms with Gasteiger partial charge in [0.15, 0.2) is 11.0 Å². The van der Waals surface area contributed by atoms with E-state index in [0.717, 1.165) is 48.7 Å². The fraction of sp³-hybridized carbons (Fsp3) is 0.471. The Morgan fingerprint density at radius 2 is 1.89 bits per heavy atom. The molecule has 9 nitrogen and oxygen atoms in total. The van der Waals surface area contributed by atoms with Crippen LogP contribution < -0.4 is 4.90 Å². The number of hydrogen-bond acceptors (Lipinski definition) is 8. The Hall–Kier alpha value is -2.46. The zero-order valence-corrected chi connectivity index (χ0v) is 16.0. The number of morpholine rings is 1. The molecule has 0 N–H and O–H groups in total. The van der Waals surface area contributed by atoms with E-state index in [0.29, 0.717) is 19.0 Å². The molecular weight excluding hydrogens is 364 g/mol. The first-order valence-electron chi connectivity index (χ1n) is 9.08. The fourth-order valence-electron chi connectivity index (χ4n) is 2.97. The Morgan fingerprint density at radius 1 is 1.07 bits per heavy atom. The van der Waals surface area contributed by atoms with Crippen molar-refractivity contribution in [2.24, 2.45) is 0 Å². The van der Waals surface area contributed by atoms with Crippen molar-refractivity contribution < 1.29 is 4.74 Å². The average Bonchev–Trinajstić information content (AvgIpc) is 3.35. The SMILES string of the molecule is CCCn1nnnc1CSc1nnc(N2CCOCC2)n1-c1ccccc1. The van der Waals surface area contributed by atoms with Crippen LogP contribution in [0, 0.1) is 0 Å². The summed E-state index contributed by atoms with van der Waals surface area (Å²) in [7, 11) is 0. The molecule has 0 atom stereocenters. The molecular formula is C17H22N8OS. The molecule has 0 unspecified atom stereocenters. The quantitative estimate of drug-likeness (QED) is 0.568. The van der Waals surface area contributed by atoms with Gasteiger partial charge in [-0.3, -0.25) is 4.57 Å². The molecule has 0 saturated carbocycles. The van der Waals surface area contributed by atoms with Gasteiger partial charge in [0.2, 0.25) is 5.95 Å². The van der Waals surface area contributed by atoms with Gasteiger partial charge in [0.25, 0.3) is 0 Å². The normalized spacial score (nSPS) is 14.6. The van der Waals surface area contributed by atoms with Crippen molar-refractivity contribution in [3.63, 3.8) is 0 Å². The lowest BCUT2D eigenvalue weighted by molar-refractivity contribution is 0.122. The minimum absolute atomic E-state index is 0.640. The number of thioether (sulfide) groups is 1. The molecule has 3 heterocycles. The third kappa shape index (κ3) is 3.96. The van der Waals surface area contributed by atoms with Gasteiger partial charge in [-0.2, -0.15) is 0 Å². The van der Waals surface area contributed by atoms with E-state index in [-0.39, 0.29) is 0 Å². The maximum absolute atomic E-state index is 5.48. The Balaban J connectivity index is 1.62. The van der Waals surface area contributed by atoms with Crippen molar-refractivity contribution in [3.8, 4) is 5.69 Å². The number of rotatable bonds is 7. The highest BCUT2D eigenvalue weighted by Crippen LogP contribution is 2.28. The summed E-state index contributed by atoms with van der Waals surface area (Å²) >= 11 is 1.59. The molecule has 0 aliphatic carbocycles. The van der Waals surface area contributed by atoms with Crippen LogP contribution in [0.25, 0.3) is 5.69 Å². The fourth-order valence-corrected chi connectivity index (χ4v) is 3.85. The molecule has 1 saturated heterocycles. The molecule has 0 radical (unpaired) electrons. The Kier molecular flexibility index (Phi) is 5.64. The van der Waals surface area contributed by atoms with Gasteiger partial charge in [0.05, 0.1) is 24.7 Å². The summed E-state index contributed by atoms with van der Waals surface area (Å²) < 4.78 is 9.42. The maximum atomic E-state index is 5.48. The molecule has 1 aromatic carbocycles. The Morgan fingerprint density at radius 3 is 2.67 bits per heavy atom. The summed E-state index contributed by atoms with van der Waals surface area (Å²) in [4.78, 5) is 2.22. The molecule has 142 valence electrons. The molecule has 1 fully saturated rings. The van der Waals surface area contributed by atoms with Crippen molar-refractivity contribution in [2.75, 3.05) is 31.2 Å². The molecule has 0 bridgehead atoms. The molecule has 4 rings (SSSR count). The van der Waals surface area contributed by atoms with Crippen LogP contribution in [0.2, 0.25) is 0 Å². The van der Waals surface area contributed by atoms with E-state index in [4.69, 9.17) is 4.74 Å². The van der Waals surface area contributed by atoms with Crippen LogP contribution in [0.3, 0.4) is 0 Å². The lowest BCUT2D eigenvalue weighted by atomic mass is 10.3. The highest BCUT2D eigenvalue weighted by Gasteiger charge is 2.22. The molecule has 27 heavy (non-hydrogen) atoms. The van der Waals surface area contributed by atoms with E-state index in [2.05, 4.69) is 54.2 Å². The van der Waals surface area contributed by atoms with Gasteiger partial charge in [0, 0.05) is 19.6 Å². The van der Waals surface area contributed by atoms with Crippen molar-refractivity contribution in [1.82, 2.24) is 35.0 Å². The van der Waals surface area contributed by atoms with Gasteiger partial charge >= 0.3 is 0 Å². The Labute approximate surface area is 161 Å². The number of tetrazole rings is 1. The number of aromatic nitrogens is 7. The topological polar surface area (TPSA) is 86.8 Å². The number of anilines is 1. The van der Waals surface area contributed by atoms with Crippen molar-refractivity contribution in [1.29, 1.82) is 0 Å². The van der Waals surface area contributed by atoms with Crippen molar-refractivity contribution >= 4 is 17.7 Å². The molecule has 10 heteroatoms. The second-order valence-electron chi connectivity index (χ2n) is 6.16. The summed E-state index contributed by atoms with van der Waals surface area (Å²) in [6.45, 7) is 5.95. The summed E-state index contributed by atoms with van der Waals surface area (Å²) in [5, 5.41) is 21.8. The number of ether oxygens (including phenoxy) is 1. The van der Waals surface area contributed by atoms with Crippen LogP contribution >= 0.6 is 11.8 Å². The second kappa shape index (κ2) is 8.49.